The van der Waals surface area contributed by atoms with Crippen molar-refractivity contribution in [3.8, 4) is 0 Å². The van der Waals surface area contributed by atoms with Crippen molar-refractivity contribution in [1.29, 1.82) is 0 Å². The van der Waals surface area contributed by atoms with Gasteiger partial charge >= 0.3 is 0 Å². The van der Waals surface area contributed by atoms with E-state index in [0.717, 1.165) is 6.54 Å². The van der Waals surface area contributed by atoms with Crippen molar-refractivity contribution in [2.24, 2.45) is 5.41 Å². The van der Waals surface area contributed by atoms with Gasteiger partial charge in [0, 0.05) is 30.1 Å². The molecule has 0 aromatic heterocycles. The van der Waals surface area contributed by atoms with Gasteiger partial charge in [0.1, 0.15) is 0 Å². The summed E-state index contributed by atoms with van der Waals surface area (Å²) in [4.78, 5) is 0. The summed E-state index contributed by atoms with van der Waals surface area (Å²) in [6.07, 6.45) is 0. The molecule has 0 heterocycles. The molecule has 0 saturated heterocycles. The second kappa shape index (κ2) is 4.75. The van der Waals surface area contributed by atoms with Crippen LogP contribution in [0, 0.1) is 5.41 Å². The maximum atomic E-state index is 8.86. The SMILES string of the molecule is C=C(Cl)CNCC(C)(C)CO. The zero-order chi connectivity index (χ0) is 8.91. The van der Waals surface area contributed by atoms with Crippen molar-refractivity contribution in [2.45, 2.75) is 13.8 Å². The second-order valence-electron chi connectivity index (χ2n) is 3.44. The Morgan fingerprint density at radius 3 is 2.55 bits per heavy atom. The monoisotopic (exact) mass is 177 g/mol. The lowest BCUT2D eigenvalue weighted by atomic mass is 9.95. The molecule has 2 N–H and O–H groups in total. The van der Waals surface area contributed by atoms with E-state index >= 15 is 0 Å². The van der Waals surface area contributed by atoms with Gasteiger partial charge in [0.25, 0.3) is 0 Å². The minimum Gasteiger partial charge on any atom is -0.396 e. The molecule has 0 fully saturated rings. The number of hydrogen-bond acceptors (Lipinski definition) is 2. The summed E-state index contributed by atoms with van der Waals surface area (Å²) in [6.45, 7) is 9.03. The van der Waals surface area contributed by atoms with Crippen molar-refractivity contribution in [3.05, 3.63) is 11.6 Å². The summed E-state index contributed by atoms with van der Waals surface area (Å²) < 4.78 is 0. The Bertz CT molecular complexity index is 134. The molecule has 66 valence electrons. The number of aliphatic hydroxyl groups is 1. The van der Waals surface area contributed by atoms with Crippen molar-refractivity contribution < 1.29 is 5.11 Å². The average Bonchev–Trinajstić information content (AvgIpc) is 1.87. The van der Waals surface area contributed by atoms with Crippen molar-refractivity contribution in [2.75, 3.05) is 19.7 Å². The van der Waals surface area contributed by atoms with Gasteiger partial charge in [-0.05, 0) is 0 Å². The first-order valence-electron chi connectivity index (χ1n) is 3.63. The number of nitrogens with one attached hydrogen (secondary N) is 1. The Morgan fingerprint density at radius 2 is 2.18 bits per heavy atom. The molecule has 0 atom stereocenters. The van der Waals surface area contributed by atoms with Gasteiger partial charge < -0.3 is 10.4 Å². The minimum atomic E-state index is -0.0770. The summed E-state index contributed by atoms with van der Waals surface area (Å²) >= 11 is 5.53. The van der Waals surface area contributed by atoms with Crippen LogP contribution in [-0.4, -0.2) is 24.8 Å². The first kappa shape index (κ1) is 11.0. The highest BCUT2D eigenvalue weighted by molar-refractivity contribution is 6.29. The van der Waals surface area contributed by atoms with Gasteiger partial charge in [0.2, 0.25) is 0 Å². The Kier molecular flexibility index (Phi) is 4.73. The smallest absolute Gasteiger partial charge is 0.0494 e. The van der Waals surface area contributed by atoms with Gasteiger partial charge in [-0.2, -0.15) is 0 Å². The Morgan fingerprint density at radius 1 is 1.64 bits per heavy atom. The molecule has 11 heavy (non-hydrogen) atoms. The maximum Gasteiger partial charge on any atom is 0.0494 e. The van der Waals surface area contributed by atoms with Gasteiger partial charge in [0.15, 0.2) is 0 Å². The standard InChI is InChI=1S/C8H16ClNO/c1-7(9)4-10-5-8(2,3)6-11/h10-11H,1,4-6H2,2-3H3. The Balaban J connectivity index is 3.45. The molecular weight excluding hydrogens is 162 g/mol. The first-order chi connectivity index (χ1) is 4.98. The summed E-state index contributed by atoms with van der Waals surface area (Å²) in [5.74, 6) is 0. The number of rotatable bonds is 5. The highest BCUT2D eigenvalue weighted by Gasteiger charge is 2.14. The fraction of sp³-hybridized carbons (Fsp3) is 0.750. The molecule has 0 amide bonds. The first-order valence-corrected chi connectivity index (χ1v) is 4.00. The molecule has 0 aromatic carbocycles. The number of halogens is 1. The summed E-state index contributed by atoms with van der Waals surface area (Å²) in [5, 5.41) is 12.5. The van der Waals surface area contributed by atoms with E-state index < -0.39 is 0 Å². The zero-order valence-electron chi connectivity index (χ0n) is 7.15. The zero-order valence-corrected chi connectivity index (χ0v) is 7.91. The summed E-state index contributed by atoms with van der Waals surface area (Å²) in [7, 11) is 0. The largest absolute Gasteiger partial charge is 0.396 e. The third kappa shape index (κ3) is 6.35. The highest BCUT2D eigenvalue weighted by atomic mass is 35.5. The quantitative estimate of drug-likeness (QED) is 0.665. The van der Waals surface area contributed by atoms with Gasteiger partial charge in [0.05, 0.1) is 0 Å². The normalized spacial score (nSPS) is 11.6. The molecule has 0 aliphatic carbocycles. The lowest BCUT2D eigenvalue weighted by Crippen LogP contribution is -2.32. The molecule has 2 nitrogen and oxygen atoms in total. The van der Waals surface area contributed by atoms with Crippen LogP contribution in [0.3, 0.4) is 0 Å². The molecule has 3 heteroatoms. The molecule has 0 aliphatic rings. The Hall–Kier alpha value is -0.0500. The summed E-state index contributed by atoms with van der Waals surface area (Å²) in [5.41, 5.74) is -0.0770. The number of aliphatic hydroxyl groups excluding tert-OH is 1. The van der Waals surface area contributed by atoms with Crippen LogP contribution >= 0.6 is 11.6 Å². The van der Waals surface area contributed by atoms with Crippen LogP contribution in [-0.2, 0) is 0 Å². The van der Waals surface area contributed by atoms with Gasteiger partial charge in [-0.1, -0.05) is 32.0 Å². The average molecular weight is 178 g/mol. The van der Waals surface area contributed by atoms with E-state index in [4.69, 9.17) is 16.7 Å². The lowest BCUT2D eigenvalue weighted by Gasteiger charge is -2.21. The van der Waals surface area contributed by atoms with E-state index in [9.17, 15) is 0 Å². The van der Waals surface area contributed by atoms with Crippen LogP contribution in [0.25, 0.3) is 0 Å². The van der Waals surface area contributed by atoms with Crippen LogP contribution in [0.1, 0.15) is 13.8 Å². The molecule has 0 unspecified atom stereocenters. The predicted molar refractivity (Wildman–Crippen MR) is 48.7 cm³/mol. The number of hydrogen-bond donors (Lipinski definition) is 2. The van der Waals surface area contributed by atoms with Crippen molar-refractivity contribution in [1.82, 2.24) is 5.32 Å². The molecule has 0 aromatic rings. The second-order valence-corrected chi connectivity index (χ2v) is 3.98. The van der Waals surface area contributed by atoms with Gasteiger partial charge in [-0.3, -0.25) is 0 Å². The minimum absolute atomic E-state index is 0.0770. The van der Waals surface area contributed by atoms with E-state index in [2.05, 4.69) is 11.9 Å². The van der Waals surface area contributed by atoms with E-state index in [-0.39, 0.29) is 12.0 Å². The van der Waals surface area contributed by atoms with Gasteiger partial charge in [-0.15, -0.1) is 0 Å². The van der Waals surface area contributed by atoms with Gasteiger partial charge in [-0.25, -0.2) is 0 Å². The van der Waals surface area contributed by atoms with Crippen LogP contribution in [0.15, 0.2) is 11.6 Å². The molecule has 0 rings (SSSR count). The molecule has 0 saturated carbocycles. The lowest BCUT2D eigenvalue weighted by molar-refractivity contribution is 0.158. The Labute approximate surface area is 73.3 Å². The maximum absolute atomic E-state index is 8.86. The highest BCUT2D eigenvalue weighted by Crippen LogP contribution is 2.11. The van der Waals surface area contributed by atoms with Crippen molar-refractivity contribution in [3.63, 3.8) is 0 Å². The molecular formula is C8H16ClNO. The van der Waals surface area contributed by atoms with Crippen molar-refractivity contribution >= 4 is 11.6 Å². The topological polar surface area (TPSA) is 32.3 Å². The van der Waals surface area contributed by atoms with E-state index in [1.807, 2.05) is 13.8 Å². The van der Waals surface area contributed by atoms with Crippen LogP contribution in [0.4, 0.5) is 0 Å². The third-order valence-corrected chi connectivity index (χ3v) is 1.48. The predicted octanol–water partition coefficient (Wildman–Crippen LogP) is 1.35. The van der Waals surface area contributed by atoms with Crippen LogP contribution in [0.5, 0.6) is 0 Å². The molecule has 0 spiro atoms. The molecule has 0 bridgehead atoms. The fourth-order valence-corrected chi connectivity index (χ4v) is 0.687. The van der Waals surface area contributed by atoms with E-state index in [0.29, 0.717) is 11.6 Å². The van der Waals surface area contributed by atoms with E-state index in [1.165, 1.54) is 0 Å². The van der Waals surface area contributed by atoms with Crippen LogP contribution in [0.2, 0.25) is 0 Å². The van der Waals surface area contributed by atoms with Crippen LogP contribution < -0.4 is 5.32 Å². The fourth-order valence-electron chi connectivity index (χ4n) is 0.592. The van der Waals surface area contributed by atoms with E-state index in [1.54, 1.807) is 0 Å². The molecule has 0 aliphatic heterocycles. The third-order valence-electron chi connectivity index (χ3n) is 1.35. The summed E-state index contributed by atoms with van der Waals surface area (Å²) in [6, 6.07) is 0. The molecule has 0 radical (unpaired) electrons.